The summed E-state index contributed by atoms with van der Waals surface area (Å²) in [6, 6.07) is 0. The van der Waals surface area contributed by atoms with E-state index in [4.69, 9.17) is 5.11 Å². The molecule has 0 atom stereocenters. The monoisotopic (exact) mass is 211 g/mol. The first-order chi connectivity index (χ1) is 6.84. The number of carboxylic acids is 1. The molecule has 1 heterocycles. The molecule has 1 N–H and O–H groups in total. The van der Waals surface area contributed by atoms with Gasteiger partial charge in [0.2, 0.25) is 5.91 Å². The van der Waals surface area contributed by atoms with Crippen molar-refractivity contribution >= 4 is 11.9 Å². The Morgan fingerprint density at radius 3 is 2.60 bits per heavy atom. The Hall–Kier alpha value is -1.32. The molecule has 0 aromatic carbocycles. The average Bonchev–Trinajstić information content (AvgIpc) is 2.39. The normalized spacial score (nSPS) is 20.9. The highest BCUT2D eigenvalue weighted by Gasteiger charge is 2.37. The molecule has 1 rings (SSSR count). The number of hydrogen-bond donors (Lipinski definition) is 1. The minimum atomic E-state index is -0.930. The van der Waals surface area contributed by atoms with Crippen LogP contribution in [0.3, 0.4) is 0 Å². The van der Waals surface area contributed by atoms with Gasteiger partial charge in [0.1, 0.15) is 0 Å². The van der Waals surface area contributed by atoms with Gasteiger partial charge in [-0.05, 0) is 13.3 Å². The van der Waals surface area contributed by atoms with Crippen LogP contribution in [0.1, 0.15) is 27.2 Å². The van der Waals surface area contributed by atoms with Crippen LogP contribution in [0.15, 0.2) is 11.6 Å². The van der Waals surface area contributed by atoms with Gasteiger partial charge in [-0.3, -0.25) is 4.79 Å². The summed E-state index contributed by atoms with van der Waals surface area (Å²) in [6.45, 7) is 6.50. The lowest BCUT2D eigenvalue weighted by Crippen LogP contribution is -2.31. The van der Waals surface area contributed by atoms with Crippen molar-refractivity contribution < 1.29 is 14.7 Å². The molecule has 1 saturated heterocycles. The van der Waals surface area contributed by atoms with E-state index in [-0.39, 0.29) is 16.9 Å². The quantitative estimate of drug-likeness (QED) is 0.715. The largest absolute Gasteiger partial charge is 0.478 e. The zero-order valence-corrected chi connectivity index (χ0v) is 9.41. The molecule has 0 saturated carbocycles. The first kappa shape index (κ1) is 11.8. The van der Waals surface area contributed by atoms with Crippen LogP contribution in [-0.2, 0) is 9.59 Å². The predicted octanol–water partition coefficient (Wildman–Crippen LogP) is 1.28. The van der Waals surface area contributed by atoms with E-state index in [0.29, 0.717) is 6.54 Å². The first-order valence-electron chi connectivity index (χ1n) is 5.04. The summed E-state index contributed by atoms with van der Waals surface area (Å²) in [5, 5.41) is 8.65. The third-order valence-electron chi connectivity index (χ3n) is 2.83. The van der Waals surface area contributed by atoms with Crippen LogP contribution >= 0.6 is 0 Å². The Morgan fingerprint density at radius 2 is 2.20 bits per heavy atom. The molecule has 0 unspecified atom stereocenters. The smallest absolute Gasteiger partial charge is 0.331 e. The number of amides is 1. The van der Waals surface area contributed by atoms with Gasteiger partial charge in [-0.1, -0.05) is 19.9 Å². The second-order valence-electron chi connectivity index (χ2n) is 4.58. The van der Waals surface area contributed by atoms with Crippen LogP contribution < -0.4 is 0 Å². The highest BCUT2D eigenvalue weighted by molar-refractivity contribution is 5.86. The second-order valence-corrected chi connectivity index (χ2v) is 4.58. The van der Waals surface area contributed by atoms with Crippen molar-refractivity contribution in [2.75, 3.05) is 13.1 Å². The van der Waals surface area contributed by atoms with Crippen molar-refractivity contribution in [1.29, 1.82) is 0 Å². The van der Waals surface area contributed by atoms with Gasteiger partial charge in [0, 0.05) is 24.1 Å². The zero-order valence-electron chi connectivity index (χ0n) is 9.41. The molecule has 0 aromatic rings. The summed E-state index contributed by atoms with van der Waals surface area (Å²) in [5.41, 5.74) is -0.00201. The number of carbonyl (C=O) groups is 2. The molecule has 1 aliphatic heterocycles. The first-order valence-corrected chi connectivity index (χ1v) is 5.04. The Kier molecular flexibility index (Phi) is 3.17. The highest BCUT2D eigenvalue weighted by Crippen LogP contribution is 2.30. The molecule has 4 heteroatoms. The summed E-state index contributed by atoms with van der Waals surface area (Å²) in [5.74, 6) is -0.821. The fraction of sp³-hybridized carbons (Fsp3) is 0.636. The lowest BCUT2D eigenvalue weighted by Gasteiger charge is -2.17. The summed E-state index contributed by atoms with van der Waals surface area (Å²) in [6.07, 6.45) is 2.42. The maximum absolute atomic E-state index is 11.8. The van der Waals surface area contributed by atoms with E-state index >= 15 is 0 Å². The topological polar surface area (TPSA) is 57.6 Å². The van der Waals surface area contributed by atoms with Gasteiger partial charge in [0.25, 0.3) is 0 Å². The molecule has 0 radical (unpaired) electrons. The molecule has 1 amide bonds. The maximum atomic E-state index is 11.8. The maximum Gasteiger partial charge on any atom is 0.331 e. The van der Waals surface area contributed by atoms with Gasteiger partial charge >= 0.3 is 5.97 Å². The summed E-state index contributed by atoms with van der Waals surface area (Å²) >= 11 is 0. The van der Waals surface area contributed by atoms with Crippen molar-refractivity contribution in [3.8, 4) is 0 Å². The van der Waals surface area contributed by atoms with E-state index in [1.807, 2.05) is 13.8 Å². The highest BCUT2D eigenvalue weighted by atomic mass is 16.4. The molecule has 0 spiro atoms. The van der Waals surface area contributed by atoms with Crippen LogP contribution in [0, 0.1) is 5.41 Å². The lowest BCUT2D eigenvalue weighted by atomic mass is 9.92. The number of carboxylic acid groups (broad SMARTS) is 1. The van der Waals surface area contributed by atoms with Gasteiger partial charge < -0.3 is 10.0 Å². The molecule has 0 aromatic heterocycles. The summed E-state index contributed by atoms with van der Waals surface area (Å²) < 4.78 is 0. The van der Waals surface area contributed by atoms with Gasteiger partial charge in [-0.25, -0.2) is 4.79 Å². The Labute approximate surface area is 89.6 Å². The lowest BCUT2D eigenvalue weighted by molar-refractivity contribution is -0.134. The molecule has 1 aliphatic rings. The molecule has 1 fully saturated rings. The predicted molar refractivity (Wildman–Crippen MR) is 56.4 cm³/mol. The van der Waals surface area contributed by atoms with E-state index in [1.54, 1.807) is 11.0 Å². The molecule has 0 bridgehead atoms. The van der Waals surface area contributed by atoms with E-state index < -0.39 is 5.97 Å². The number of carbonyl (C=O) groups excluding carboxylic acids is 1. The van der Waals surface area contributed by atoms with Crippen LogP contribution in [0.5, 0.6) is 0 Å². The fourth-order valence-electron chi connectivity index (χ4n) is 1.56. The third-order valence-corrected chi connectivity index (χ3v) is 2.83. The second kappa shape index (κ2) is 4.04. The van der Waals surface area contributed by atoms with Crippen LogP contribution in [0.4, 0.5) is 0 Å². The standard InChI is InChI=1S/C11H17NO3/c1-8(9(13)14)4-6-12-7-5-11(2,3)10(12)15/h4H,5-7H2,1-3H3,(H,13,14)/b8-4+. The third kappa shape index (κ3) is 2.58. The molecule has 0 aliphatic carbocycles. The number of aliphatic carboxylic acids is 1. The van der Waals surface area contributed by atoms with Crippen molar-refractivity contribution in [2.24, 2.45) is 5.41 Å². The molecular weight excluding hydrogens is 194 g/mol. The Bertz CT molecular complexity index is 318. The molecule has 4 nitrogen and oxygen atoms in total. The number of rotatable bonds is 3. The van der Waals surface area contributed by atoms with Crippen molar-refractivity contribution in [3.05, 3.63) is 11.6 Å². The Balaban J connectivity index is 2.60. The zero-order chi connectivity index (χ0) is 11.6. The minimum absolute atomic E-state index is 0.108. The van der Waals surface area contributed by atoms with E-state index in [0.717, 1.165) is 13.0 Å². The molecule has 84 valence electrons. The van der Waals surface area contributed by atoms with E-state index in [9.17, 15) is 9.59 Å². The SMILES string of the molecule is C/C(=C\CN1CCC(C)(C)C1=O)C(=O)O. The van der Waals surface area contributed by atoms with Crippen LogP contribution in [0.2, 0.25) is 0 Å². The van der Waals surface area contributed by atoms with Crippen molar-refractivity contribution in [1.82, 2.24) is 4.90 Å². The van der Waals surface area contributed by atoms with E-state index in [2.05, 4.69) is 0 Å². The summed E-state index contributed by atoms with van der Waals surface area (Å²) in [4.78, 5) is 24.0. The van der Waals surface area contributed by atoms with Gasteiger partial charge in [0.15, 0.2) is 0 Å². The number of nitrogens with zero attached hydrogens (tertiary/aromatic N) is 1. The number of hydrogen-bond acceptors (Lipinski definition) is 2. The number of likely N-dealkylation sites (tertiary alicyclic amines) is 1. The van der Waals surface area contributed by atoms with E-state index in [1.165, 1.54) is 6.92 Å². The average molecular weight is 211 g/mol. The van der Waals surface area contributed by atoms with Gasteiger partial charge in [-0.2, -0.15) is 0 Å². The van der Waals surface area contributed by atoms with Crippen LogP contribution in [0.25, 0.3) is 0 Å². The van der Waals surface area contributed by atoms with Crippen LogP contribution in [-0.4, -0.2) is 35.0 Å². The molecule has 15 heavy (non-hydrogen) atoms. The van der Waals surface area contributed by atoms with Gasteiger partial charge in [-0.15, -0.1) is 0 Å². The van der Waals surface area contributed by atoms with Crippen molar-refractivity contribution in [3.63, 3.8) is 0 Å². The summed E-state index contributed by atoms with van der Waals surface area (Å²) in [7, 11) is 0. The van der Waals surface area contributed by atoms with Gasteiger partial charge in [0.05, 0.1) is 0 Å². The van der Waals surface area contributed by atoms with Crippen molar-refractivity contribution in [2.45, 2.75) is 27.2 Å². The minimum Gasteiger partial charge on any atom is -0.478 e. The fourth-order valence-corrected chi connectivity index (χ4v) is 1.56. The molecular formula is C11H17NO3. The Morgan fingerprint density at radius 1 is 1.60 bits per heavy atom.